The number of ether oxygens (including phenoxy) is 2. The topological polar surface area (TPSA) is 18.5 Å². The molecule has 1 heterocycles. The monoisotopic (exact) mass is 448 g/mol. The van der Waals surface area contributed by atoms with E-state index in [1.54, 1.807) is 12.1 Å². The highest BCUT2D eigenvalue weighted by Crippen LogP contribution is 2.31. The van der Waals surface area contributed by atoms with Gasteiger partial charge in [-0.2, -0.15) is 0 Å². The maximum atomic E-state index is 15.1. The molecule has 1 saturated heterocycles. The largest absolute Gasteiger partial charge is 0.348 e. The zero-order valence-corrected chi connectivity index (χ0v) is 18.0. The highest BCUT2D eigenvalue weighted by molar-refractivity contribution is 6.30. The van der Waals surface area contributed by atoms with Gasteiger partial charge in [0.25, 0.3) is 0 Å². The molecule has 31 heavy (non-hydrogen) atoms. The average molecular weight is 449 g/mol. The molecule has 0 unspecified atom stereocenters. The van der Waals surface area contributed by atoms with Crippen LogP contribution in [-0.2, 0) is 22.3 Å². The lowest BCUT2D eigenvalue weighted by molar-refractivity contribution is -0.206. The van der Waals surface area contributed by atoms with E-state index in [1.807, 2.05) is 18.2 Å². The lowest BCUT2D eigenvalue weighted by atomic mass is 9.98. The molecule has 0 bridgehead atoms. The SMILES string of the molecule is CCCC1COC(c2ccc3c(F)c(CCc4cc(F)c(Cl)c(F)c4)ccc3c2)OC1. The molecule has 0 N–H and O–H groups in total. The van der Waals surface area contributed by atoms with Crippen LogP contribution in [0.1, 0.15) is 42.7 Å². The van der Waals surface area contributed by atoms with Gasteiger partial charge < -0.3 is 9.47 Å². The van der Waals surface area contributed by atoms with Gasteiger partial charge in [0.15, 0.2) is 6.29 Å². The first kappa shape index (κ1) is 22.1. The smallest absolute Gasteiger partial charge is 0.183 e. The molecule has 0 aliphatic carbocycles. The molecule has 6 heteroatoms. The van der Waals surface area contributed by atoms with E-state index in [0.29, 0.717) is 48.5 Å². The fourth-order valence-corrected chi connectivity index (χ4v) is 4.15. The summed E-state index contributed by atoms with van der Waals surface area (Å²) in [6.45, 7) is 3.47. The first-order valence-electron chi connectivity index (χ1n) is 10.5. The van der Waals surface area contributed by atoms with E-state index in [0.717, 1.165) is 23.8 Å². The van der Waals surface area contributed by atoms with Crippen LogP contribution < -0.4 is 0 Å². The van der Waals surface area contributed by atoms with Gasteiger partial charge in [0.05, 0.1) is 13.2 Å². The highest BCUT2D eigenvalue weighted by atomic mass is 35.5. The van der Waals surface area contributed by atoms with Crippen molar-refractivity contribution in [1.29, 1.82) is 0 Å². The second kappa shape index (κ2) is 9.60. The van der Waals surface area contributed by atoms with Crippen molar-refractivity contribution in [2.75, 3.05) is 13.2 Å². The molecular formula is C25H24ClF3O2. The zero-order valence-electron chi connectivity index (χ0n) is 17.3. The van der Waals surface area contributed by atoms with Gasteiger partial charge in [0.1, 0.15) is 22.5 Å². The Morgan fingerprint density at radius 2 is 1.65 bits per heavy atom. The molecule has 0 radical (unpaired) electrons. The van der Waals surface area contributed by atoms with Crippen molar-refractivity contribution in [3.8, 4) is 0 Å². The predicted molar refractivity (Wildman–Crippen MR) is 116 cm³/mol. The lowest BCUT2D eigenvalue weighted by Crippen LogP contribution is -2.26. The van der Waals surface area contributed by atoms with Gasteiger partial charge in [-0.15, -0.1) is 0 Å². The van der Waals surface area contributed by atoms with Crippen LogP contribution in [0.25, 0.3) is 10.8 Å². The predicted octanol–water partition coefficient (Wildman–Crippen LogP) is 7.16. The molecule has 0 saturated carbocycles. The first-order chi connectivity index (χ1) is 15.0. The molecule has 3 aromatic carbocycles. The van der Waals surface area contributed by atoms with Gasteiger partial charge in [0.2, 0.25) is 0 Å². The Hall–Kier alpha value is -2.08. The number of hydrogen-bond donors (Lipinski definition) is 0. The maximum absolute atomic E-state index is 15.1. The van der Waals surface area contributed by atoms with Crippen molar-refractivity contribution < 1.29 is 22.6 Å². The molecule has 0 amide bonds. The third-order valence-electron chi connectivity index (χ3n) is 5.72. The minimum atomic E-state index is -0.809. The summed E-state index contributed by atoms with van der Waals surface area (Å²) >= 11 is 5.52. The molecule has 0 atom stereocenters. The van der Waals surface area contributed by atoms with Crippen molar-refractivity contribution in [2.24, 2.45) is 5.92 Å². The minimum Gasteiger partial charge on any atom is -0.348 e. The van der Waals surface area contributed by atoms with Crippen molar-refractivity contribution in [3.63, 3.8) is 0 Å². The minimum absolute atomic E-state index is 0.300. The number of hydrogen-bond acceptors (Lipinski definition) is 2. The van der Waals surface area contributed by atoms with Crippen LogP contribution >= 0.6 is 11.6 Å². The van der Waals surface area contributed by atoms with Crippen molar-refractivity contribution in [2.45, 2.75) is 38.9 Å². The van der Waals surface area contributed by atoms with Crippen LogP contribution in [0.4, 0.5) is 13.2 Å². The second-order valence-electron chi connectivity index (χ2n) is 8.05. The van der Waals surface area contributed by atoms with E-state index in [4.69, 9.17) is 21.1 Å². The van der Waals surface area contributed by atoms with Gasteiger partial charge in [-0.1, -0.05) is 49.2 Å². The molecule has 2 nitrogen and oxygen atoms in total. The van der Waals surface area contributed by atoms with E-state index in [1.165, 1.54) is 12.1 Å². The van der Waals surface area contributed by atoms with Gasteiger partial charge in [-0.25, -0.2) is 13.2 Å². The summed E-state index contributed by atoms with van der Waals surface area (Å²) in [5.74, 6) is -1.52. The summed E-state index contributed by atoms with van der Waals surface area (Å²) in [6.07, 6.45) is 2.36. The first-order valence-corrected chi connectivity index (χ1v) is 10.9. The Labute approximate surface area is 184 Å². The van der Waals surface area contributed by atoms with Crippen LogP contribution in [0.15, 0.2) is 42.5 Å². The standard InChI is InChI=1S/C25H24ClF3O2/c1-2-3-16-13-30-25(31-14-16)19-8-9-20-18(12-19)7-6-17(24(20)29)5-4-15-10-21(27)23(26)22(28)11-15/h6-12,16,25H,2-5,13-14H2,1H3. The third-order valence-corrected chi connectivity index (χ3v) is 6.08. The Morgan fingerprint density at radius 3 is 2.32 bits per heavy atom. The molecule has 0 spiro atoms. The summed E-state index contributed by atoms with van der Waals surface area (Å²) in [5.41, 5.74) is 1.78. The average Bonchev–Trinajstić information content (AvgIpc) is 2.77. The summed E-state index contributed by atoms with van der Waals surface area (Å²) in [7, 11) is 0. The van der Waals surface area contributed by atoms with Crippen LogP contribution in [0.2, 0.25) is 5.02 Å². The van der Waals surface area contributed by atoms with Gasteiger partial charge >= 0.3 is 0 Å². The fraction of sp³-hybridized carbons (Fsp3) is 0.360. The van der Waals surface area contributed by atoms with Gasteiger partial charge in [-0.05, 0) is 54.0 Å². The van der Waals surface area contributed by atoms with Crippen LogP contribution in [0.3, 0.4) is 0 Å². The number of halogens is 4. The number of aryl methyl sites for hydroxylation is 2. The molecule has 0 aromatic heterocycles. The van der Waals surface area contributed by atoms with E-state index >= 15 is 4.39 Å². The fourth-order valence-electron chi connectivity index (χ4n) is 4.04. The van der Waals surface area contributed by atoms with Crippen molar-refractivity contribution in [3.05, 3.63) is 81.6 Å². The summed E-state index contributed by atoms with van der Waals surface area (Å²) in [5, 5.41) is 0.725. The van der Waals surface area contributed by atoms with Crippen molar-refractivity contribution >= 4 is 22.4 Å². The van der Waals surface area contributed by atoms with Gasteiger partial charge in [-0.3, -0.25) is 0 Å². The molecule has 164 valence electrons. The highest BCUT2D eigenvalue weighted by Gasteiger charge is 2.23. The molecule has 1 aliphatic rings. The second-order valence-corrected chi connectivity index (χ2v) is 8.42. The number of rotatable bonds is 6. The Kier molecular flexibility index (Phi) is 6.85. The lowest BCUT2D eigenvalue weighted by Gasteiger charge is -2.29. The van der Waals surface area contributed by atoms with Crippen LogP contribution in [-0.4, -0.2) is 13.2 Å². The van der Waals surface area contributed by atoms with E-state index in [2.05, 4.69) is 6.92 Å². The molecule has 4 rings (SSSR count). The third kappa shape index (κ3) is 4.89. The summed E-state index contributed by atoms with van der Waals surface area (Å²) in [6, 6.07) is 11.4. The molecule has 3 aromatic rings. The van der Waals surface area contributed by atoms with Crippen LogP contribution in [0, 0.1) is 23.4 Å². The number of benzene rings is 3. The Morgan fingerprint density at radius 1 is 0.935 bits per heavy atom. The maximum Gasteiger partial charge on any atom is 0.183 e. The summed E-state index contributed by atoms with van der Waals surface area (Å²) < 4.78 is 54.1. The quantitative estimate of drug-likeness (QED) is 0.372. The Bertz CT molecular complexity index is 1050. The molecular weight excluding hydrogens is 425 g/mol. The molecule has 1 aliphatic heterocycles. The number of fused-ring (bicyclic) bond motifs is 1. The van der Waals surface area contributed by atoms with Crippen molar-refractivity contribution in [1.82, 2.24) is 0 Å². The van der Waals surface area contributed by atoms with E-state index < -0.39 is 22.9 Å². The van der Waals surface area contributed by atoms with Gasteiger partial charge in [0, 0.05) is 16.9 Å². The van der Waals surface area contributed by atoms with E-state index in [-0.39, 0.29) is 5.82 Å². The molecule has 1 fully saturated rings. The van der Waals surface area contributed by atoms with Crippen LogP contribution in [0.5, 0.6) is 0 Å². The van der Waals surface area contributed by atoms with E-state index in [9.17, 15) is 8.78 Å². The Balaban J connectivity index is 1.49. The summed E-state index contributed by atoms with van der Waals surface area (Å²) in [4.78, 5) is 0. The normalized spacial score (nSPS) is 19.1. The zero-order chi connectivity index (χ0) is 22.0.